The molecule has 11 heavy (non-hydrogen) atoms. The number of hydrogen-bond acceptors (Lipinski definition) is 2. The zero-order valence-electron chi connectivity index (χ0n) is 8.01. The highest BCUT2D eigenvalue weighted by Crippen LogP contribution is 2.16. The van der Waals surface area contributed by atoms with E-state index >= 15 is 0 Å². The summed E-state index contributed by atoms with van der Waals surface area (Å²) in [6.07, 6.45) is 1.78. The second-order valence-corrected chi connectivity index (χ2v) is 2.49. The van der Waals surface area contributed by atoms with Crippen LogP contribution >= 0.6 is 0 Å². The van der Waals surface area contributed by atoms with E-state index in [9.17, 15) is 0 Å². The van der Waals surface area contributed by atoms with E-state index in [-0.39, 0.29) is 0 Å². The van der Waals surface area contributed by atoms with Crippen LogP contribution in [-0.2, 0) is 0 Å². The molecule has 0 N–H and O–H groups in total. The van der Waals surface area contributed by atoms with E-state index in [2.05, 4.69) is 19.0 Å². The molecule has 0 radical (unpaired) electrons. The van der Waals surface area contributed by atoms with Gasteiger partial charge < -0.3 is 4.52 Å². The molecule has 1 heterocycles. The number of aromatic nitrogens is 1. The van der Waals surface area contributed by atoms with Crippen LogP contribution in [-0.4, -0.2) is 5.16 Å². The highest BCUT2D eigenvalue weighted by Gasteiger charge is 2.05. The zero-order chi connectivity index (χ0) is 8.85. The minimum Gasteiger partial charge on any atom is -0.361 e. The van der Waals surface area contributed by atoms with Crippen LogP contribution in [0.1, 0.15) is 44.9 Å². The standard InChI is InChI=1S/C7H11NO.C2H6/c1-5(2)7-4-8-9-6(7)3;1-2/h4-5H,1-3H3;1-2H3. The third-order valence-electron chi connectivity index (χ3n) is 1.41. The molecule has 1 aromatic heterocycles. The predicted molar refractivity (Wildman–Crippen MR) is 46.7 cm³/mol. The van der Waals surface area contributed by atoms with Crippen LogP contribution in [0.4, 0.5) is 0 Å². The fraction of sp³-hybridized carbons (Fsp3) is 0.667. The lowest BCUT2D eigenvalue weighted by Crippen LogP contribution is -1.84. The minimum absolute atomic E-state index is 0.524. The Labute approximate surface area is 68.6 Å². The van der Waals surface area contributed by atoms with Gasteiger partial charge >= 0.3 is 0 Å². The molecular weight excluding hydrogens is 138 g/mol. The summed E-state index contributed by atoms with van der Waals surface area (Å²) >= 11 is 0. The predicted octanol–water partition coefficient (Wildman–Crippen LogP) is 3.13. The summed E-state index contributed by atoms with van der Waals surface area (Å²) in [5.74, 6) is 1.46. The van der Waals surface area contributed by atoms with Crippen LogP contribution in [0.3, 0.4) is 0 Å². The van der Waals surface area contributed by atoms with Gasteiger partial charge in [0.25, 0.3) is 0 Å². The van der Waals surface area contributed by atoms with E-state index in [4.69, 9.17) is 4.52 Å². The van der Waals surface area contributed by atoms with Crippen LogP contribution in [0, 0.1) is 6.92 Å². The van der Waals surface area contributed by atoms with Crippen LogP contribution in [0.25, 0.3) is 0 Å². The average molecular weight is 155 g/mol. The molecule has 0 spiro atoms. The molecule has 2 heteroatoms. The van der Waals surface area contributed by atoms with Crippen molar-refractivity contribution in [1.29, 1.82) is 0 Å². The third-order valence-corrected chi connectivity index (χ3v) is 1.41. The summed E-state index contributed by atoms with van der Waals surface area (Å²) in [6, 6.07) is 0. The second kappa shape index (κ2) is 4.94. The first-order valence-electron chi connectivity index (χ1n) is 4.13. The van der Waals surface area contributed by atoms with Gasteiger partial charge in [-0.3, -0.25) is 0 Å². The number of nitrogens with zero attached hydrogens (tertiary/aromatic N) is 1. The topological polar surface area (TPSA) is 26.0 Å². The van der Waals surface area contributed by atoms with Gasteiger partial charge in [0.2, 0.25) is 0 Å². The van der Waals surface area contributed by atoms with Crippen LogP contribution in [0.2, 0.25) is 0 Å². The molecule has 0 bridgehead atoms. The largest absolute Gasteiger partial charge is 0.361 e. The molecule has 0 unspecified atom stereocenters. The molecule has 0 amide bonds. The smallest absolute Gasteiger partial charge is 0.137 e. The Bertz CT molecular complexity index is 191. The Morgan fingerprint density at radius 1 is 1.36 bits per heavy atom. The maximum atomic E-state index is 4.88. The van der Waals surface area contributed by atoms with Crippen molar-refractivity contribution in [2.45, 2.75) is 40.5 Å². The Balaban J connectivity index is 0.000000461. The second-order valence-electron chi connectivity index (χ2n) is 2.49. The SMILES string of the molecule is CC.Cc1oncc1C(C)C. The van der Waals surface area contributed by atoms with E-state index in [1.807, 2.05) is 20.8 Å². The monoisotopic (exact) mass is 155 g/mol. The van der Waals surface area contributed by atoms with Crippen LogP contribution in [0.5, 0.6) is 0 Å². The fourth-order valence-corrected chi connectivity index (χ4v) is 0.861. The highest BCUT2D eigenvalue weighted by molar-refractivity contribution is 5.15. The van der Waals surface area contributed by atoms with Gasteiger partial charge in [-0.2, -0.15) is 0 Å². The molecule has 0 aliphatic carbocycles. The van der Waals surface area contributed by atoms with Crippen LogP contribution < -0.4 is 0 Å². The minimum atomic E-state index is 0.524. The summed E-state index contributed by atoms with van der Waals surface area (Å²) in [6.45, 7) is 10.2. The maximum Gasteiger partial charge on any atom is 0.137 e. The van der Waals surface area contributed by atoms with Crippen molar-refractivity contribution in [3.8, 4) is 0 Å². The molecule has 1 rings (SSSR count). The van der Waals surface area contributed by atoms with Gasteiger partial charge in [-0.1, -0.05) is 32.9 Å². The first-order chi connectivity index (χ1) is 5.22. The highest BCUT2D eigenvalue weighted by atomic mass is 16.5. The molecule has 64 valence electrons. The Kier molecular flexibility index (Phi) is 4.59. The van der Waals surface area contributed by atoms with Gasteiger partial charge in [0.1, 0.15) is 5.76 Å². The summed E-state index contributed by atoms with van der Waals surface area (Å²) < 4.78 is 4.88. The molecule has 0 fully saturated rings. The van der Waals surface area contributed by atoms with Gasteiger partial charge in [-0.15, -0.1) is 0 Å². The number of rotatable bonds is 1. The molecule has 2 nitrogen and oxygen atoms in total. The van der Waals surface area contributed by atoms with Crippen molar-refractivity contribution >= 4 is 0 Å². The van der Waals surface area contributed by atoms with E-state index in [0.29, 0.717) is 5.92 Å². The van der Waals surface area contributed by atoms with Gasteiger partial charge in [-0.05, 0) is 12.8 Å². The number of aryl methyl sites for hydroxylation is 1. The molecule has 0 aliphatic rings. The average Bonchev–Trinajstić information content (AvgIpc) is 2.39. The lowest BCUT2D eigenvalue weighted by molar-refractivity contribution is 0.395. The molecule has 0 saturated carbocycles. The molecule has 1 aromatic rings. The first kappa shape index (κ1) is 10.2. The van der Waals surface area contributed by atoms with Crippen molar-refractivity contribution in [3.05, 3.63) is 17.5 Å². The summed E-state index contributed by atoms with van der Waals surface area (Å²) in [4.78, 5) is 0. The zero-order valence-corrected chi connectivity index (χ0v) is 8.01. The van der Waals surface area contributed by atoms with E-state index in [0.717, 1.165) is 5.76 Å². The normalized spacial score (nSPS) is 9.27. The van der Waals surface area contributed by atoms with Crippen molar-refractivity contribution in [2.75, 3.05) is 0 Å². The lowest BCUT2D eigenvalue weighted by Gasteiger charge is -1.97. The van der Waals surface area contributed by atoms with Crippen molar-refractivity contribution in [3.63, 3.8) is 0 Å². The molecule has 0 saturated heterocycles. The molecular formula is C9H17NO. The Morgan fingerprint density at radius 3 is 2.09 bits per heavy atom. The Morgan fingerprint density at radius 2 is 1.91 bits per heavy atom. The third kappa shape index (κ3) is 2.74. The van der Waals surface area contributed by atoms with Gasteiger partial charge in [0.05, 0.1) is 6.20 Å². The summed E-state index contributed by atoms with van der Waals surface area (Å²) in [5, 5.41) is 3.67. The number of hydrogen-bond donors (Lipinski definition) is 0. The first-order valence-corrected chi connectivity index (χ1v) is 4.13. The van der Waals surface area contributed by atoms with E-state index in [1.54, 1.807) is 6.20 Å². The van der Waals surface area contributed by atoms with Crippen molar-refractivity contribution in [1.82, 2.24) is 5.16 Å². The summed E-state index contributed by atoms with van der Waals surface area (Å²) in [7, 11) is 0. The van der Waals surface area contributed by atoms with Gasteiger partial charge in [-0.25, -0.2) is 0 Å². The van der Waals surface area contributed by atoms with Crippen molar-refractivity contribution in [2.24, 2.45) is 0 Å². The fourth-order valence-electron chi connectivity index (χ4n) is 0.861. The Hall–Kier alpha value is -0.790. The van der Waals surface area contributed by atoms with Gasteiger partial charge in [0.15, 0.2) is 0 Å². The van der Waals surface area contributed by atoms with Crippen molar-refractivity contribution < 1.29 is 4.52 Å². The molecule has 0 aliphatic heterocycles. The quantitative estimate of drug-likeness (QED) is 0.622. The van der Waals surface area contributed by atoms with E-state index in [1.165, 1.54) is 5.56 Å². The van der Waals surface area contributed by atoms with E-state index < -0.39 is 0 Å². The van der Waals surface area contributed by atoms with Crippen LogP contribution in [0.15, 0.2) is 10.7 Å². The summed E-state index contributed by atoms with van der Waals surface area (Å²) in [5.41, 5.74) is 1.20. The molecule has 0 aromatic carbocycles. The molecule has 0 atom stereocenters. The van der Waals surface area contributed by atoms with Gasteiger partial charge in [0, 0.05) is 5.56 Å². The maximum absolute atomic E-state index is 4.88. The lowest BCUT2D eigenvalue weighted by atomic mass is 10.1.